The van der Waals surface area contributed by atoms with Gasteiger partial charge in [-0.1, -0.05) is 48.5 Å². The second-order valence-corrected chi connectivity index (χ2v) is 12.4. The zero-order chi connectivity index (χ0) is 33.0. The van der Waals surface area contributed by atoms with Crippen LogP contribution in [0, 0.1) is 11.6 Å². The number of nitrogens with zero attached hydrogens (tertiary/aromatic N) is 2. The number of benzene rings is 3. The van der Waals surface area contributed by atoms with E-state index in [0.29, 0.717) is 34.6 Å². The van der Waals surface area contributed by atoms with Gasteiger partial charge in [-0.3, -0.25) is 14.5 Å². The molecular weight excluding hydrogens is 608 g/mol. The highest BCUT2D eigenvalue weighted by atomic mass is 32.1. The number of rotatable bonds is 10. The maximum Gasteiger partial charge on any atom is 0.318 e. The Balaban J connectivity index is 1.72. The summed E-state index contributed by atoms with van der Waals surface area (Å²) < 4.78 is 31.4. The molecule has 238 valence electrons. The Morgan fingerprint density at radius 3 is 2.22 bits per heavy atom. The van der Waals surface area contributed by atoms with Crippen LogP contribution in [0.1, 0.15) is 40.9 Å². The van der Waals surface area contributed by atoms with E-state index in [1.807, 2.05) is 49.5 Å². The highest BCUT2D eigenvalue weighted by molar-refractivity contribution is 7.22. The molecule has 0 bridgehead atoms. The van der Waals surface area contributed by atoms with E-state index >= 15 is 0 Å². The molecule has 46 heavy (non-hydrogen) atoms. The van der Waals surface area contributed by atoms with Crippen LogP contribution in [-0.2, 0) is 19.6 Å². The van der Waals surface area contributed by atoms with Gasteiger partial charge in [0.15, 0.2) is 0 Å². The number of amides is 3. The van der Waals surface area contributed by atoms with Gasteiger partial charge in [-0.2, -0.15) is 0 Å². The SMILES string of the molecule is CNC(=O)Nc1ccc(-c2sc3c(c2CN(C)Cc2ccccc2)c(=O)c(C(=O)NC(C)C)cn3Cc2c(F)cccc2F)cc1. The normalized spacial score (nSPS) is 11.3. The van der Waals surface area contributed by atoms with Gasteiger partial charge in [-0.25, -0.2) is 13.6 Å². The Labute approximate surface area is 269 Å². The number of thiophene rings is 1. The van der Waals surface area contributed by atoms with Gasteiger partial charge in [0.25, 0.3) is 5.91 Å². The number of fused-ring (bicyclic) bond motifs is 1. The highest BCUT2D eigenvalue weighted by Crippen LogP contribution is 2.39. The molecule has 8 nitrogen and oxygen atoms in total. The van der Waals surface area contributed by atoms with Gasteiger partial charge in [0.05, 0.1) is 11.9 Å². The predicted molar refractivity (Wildman–Crippen MR) is 179 cm³/mol. The lowest BCUT2D eigenvalue weighted by Gasteiger charge is -2.18. The summed E-state index contributed by atoms with van der Waals surface area (Å²) in [6.07, 6.45) is 1.39. The molecule has 3 amide bonds. The van der Waals surface area contributed by atoms with Gasteiger partial charge >= 0.3 is 6.03 Å². The lowest BCUT2D eigenvalue weighted by Crippen LogP contribution is -2.34. The van der Waals surface area contributed by atoms with E-state index in [4.69, 9.17) is 0 Å². The third-order valence-corrected chi connectivity index (χ3v) is 8.73. The van der Waals surface area contributed by atoms with Crippen LogP contribution in [0.5, 0.6) is 0 Å². The zero-order valence-electron chi connectivity index (χ0n) is 26.0. The van der Waals surface area contributed by atoms with Crippen LogP contribution < -0.4 is 21.4 Å². The van der Waals surface area contributed by atoms with E-state index in [1.165, 1.54) is 42.8 Å². The van der Waals surface area contributed by atoms with Gasteiger partial charge in [-0.15, -0.1) is 11.3 Å². The van der Waals surface area contributed by atoms with Gasteiger partial charge in [0, 0.05) is 48.5 Å². The maximum atomic E-state index is 14.9. The molecular formula is C35H35F2N5O3S. The second kappa shape index (κ2) is 14.1. The van der Waals surface area contributed by atoms with Crippen molar-refractivity contribution in [3.63, 3.8) is 0 Å². The average molecular weight is 644 g/mol. The number of urea groups is 1. The number of aromatic nitrogens is 1. The monoisotopic (exact) mass is 643 g/mol. The fraction of sp³-hybridized carbons (Fsp3) is 0.229. The first-order chi connectivity index (χ1) is 22.0. The van der Waals surface area contributed by atoms with E-state index < -0.39 is 23.0 Å². The van der Waals surface area contributed by atoms with E-state index in [2.05, 4.69) is 20.9 Å². The smallest absolute Gasteiger partial charge is 0.318 e. The zero-order valence-corrected chi connectivity index (χ0v) is 26.8. The van der Waals surface area contributed by atoms with Gasteiger partial charge in [-0.05, 0) is 61.9 Å². The standard InChI is InChI=1S/C35H35F2N5O3S/c1-21(2)39-33(44)27-20-42(19-25-28(36)11-8-12-29(25)37)34-30(31(27)43)26(18-41(4)17-22-9-6-5-7-10-22)32(46-34)23-13-15-24(16-14-23)40-35(45)38-3/h5-16,20-21H,17-19H2,1-4H3,(H,39,44)(H2,38,40,45). The largest absolute Gasteiger partial charge is 0.350 e. The molecule has 0 aliphatic heterocycles. The molecule has 0 unspecified atom stereocenters. The molecule has 11 heteroatoms. The van der Waals surface area contributed by atoms with E-state index in [0.717, 1.165) is 16.0 Å². The minimum atomic E-state index is -0.723. The van der Waals surface area contributed by atoms with E-state index in [1.54, 1.807) is 30.5 Å². The molecule has 3 N–H and O–H groups in total. The maximum absolute atomic E-state index is 14.9. The van der Waals surface area contributed by atoms with Crippen molar-refractivity contribution in [1.29, 1.82) is 0 Å². The number of hydrogen-bond donors (Lipinski definition) is 3. The molecule has 0 saturated carbocycles. The molecule has 0 aliphatic carbocycles. The number of halogens is 2. The van der Waals surface area contributed by atoms with Crippen LogP contribution in [0.15, 0.2) is 83.8 Å². The van der Waals surface area contributed by atoms with Crippen molar-refractivity contribution >= 4 is 39.2 Å². The van der Waals surface area contributed by atoms with E-state index in [-0.39, 0.29) is 29.7 Å². The fourth-order valence-corrected chi connectivity index (χ4v) is 6.56. The Hall–Kier alpha value is -4.87. The number of carbonyl (C=O) groups is 2. The summed E-state index contributed by atoms with van der Waals surface area (Å²) in [7, 11) is 3.47. The minimum absolute atomic E-state index is 0.112. The van der Waals surface area contributed by atoms with Crippen molar-refractivity contribution in [3.05, 3.63) is 123 Å². The molecule has 2 heterocycles. The molecule has 0 aliphatic rings. The number of nitrogens with one attached hydrogen (secondary N) is 3. The first kappa shape index (κ1) is 32.5. The molecule has 5 aromatic rings. The second-order valence-electron chi connectivity index (χ2n) is 11.4. The predicted octanol–water partition coefficient (Wildman–Crippen LogP) is 6.58. The van der Waals surface area contributed by atoms with Crippen molar-refractivity contribution in [1.82, 2.24) is 20.1 Å². The Morgan fingerprint density at radius 1 is 0.913 bits per heavy atom. The molecule has 0 spiro atoms. The van der Waals surface area contributed by atoms with Crippen LogP contribution in [0.25, 0.3) is 20.7 Å². The summed E-state index contributed by atoms with van der Waals surface area (Å²) >= 11 is 1.32. The van der Waals surface area contributed by atoms with Crippen LogP contribution in [0.4, 0.5) is 19.3 Å². The van der Waals surface area contributed by atoms with Crippen molar-refractivity contribution in [3.8, 4) is 10.4 Å². The fourth-order valence-electron chi connectivity index (χ4n) is 5.27. The van der Waals surface area contributed by atoms with Crippen molar-refractivity contribution in [2.24, 2.45) is 0 Å². The number of carbonyl (C=O) groups excluding carboxylic acids is 2. The van der Waals surface area contributed by atoms with Gasteiger partial charge in [0.1, 0.15) is 22.0 Å². The third kappa shape index (κ3) is 7.16. The van der Waals surface area contributed by atoms with E-state index in [9.17, 15) is 23.2 Å². The molecule has 2 aromatic heterocycles. The summed E-state index contributed by atoms with van der Waals surface area (Å²) in [6.45, 7) is 4.29. The summed E-state index contributed by atoms with van der Waals surface area (Å²) in [5, 5.41) is 8.36. The molecule has 0 atom stereocenters. The van der Waals surface area contributed by atoms with Gasteiger partial charge < -0.3 is 20.5 Å². The van der Waals surface area contributed by atoms with Crippen LogP contribution in [0.3, 0.4) is 0 Å². The van der Waals surface area contributed by atoms with Crippen LogP contribution in [0.2, 0.25) is 0 Å². The number of pyridine rings is 1. The van der Waals surface area contributed by atoms with Crippen LogP contribution in [-0.4, -0.2) is 41.5 Å². The molecule has 5 rings (SSSR count). The Morgan fingerprint density at radius 2 is 1.59 bits per heavy atom. The summed E-state index contributed by atoms with van der Waals surface area (Å²) in [5.74, 6) is -2.01. The summed E-state index contributed by atoms with van der Waals surface area (Å²) in [6, 6.07) is 20.2. The Bertz CT molecular complexity index is 1920. The number of hydrogen-bond acceptors (Lipinski definition) is 5. The van der Waals surface area contributed by atoms with Crippen molar-refractivity contribution in [2.45, 2.75) is 39.5 Å². The highest BCUT2D eigenvalue weighted by Gasteiger charge is 2.25. The van der Waals surface area contributed by atoms with Crippen LogP contribution >= 0.6 is 11.3 Å². The Kier molecular flexibility index (Phi) is 9.93. The topological polar surface area (TPSA) is 95.5 Å². The molecule has 3 aromatic carbocycles. The first-order valence-corrected chi connectivity index (χ1v) is 15.6. The average Bonchev–Trinajstić information content (AvgIpc) is 3.40. The molecule has 0 fully saturated rings. The summed E-state index contributed by atoms with van der Waals surface area (Å²) in [5.41, 5.74) is 2.39. The molecule has 0 saturated heterocycles. The molecule has 0 radical (unpaired) electrons. The minimum Gasteiger partial charge on any atom is -0.350 e. The third-order valence-electron chi connectivity index (χ3n) is 7.42. The van der Waals surface area contributed by atoms with Crippen molar-refractivity contribution in [2.75, 3.05) is 19.4 Å². The first-order valence-electron chi connectivity index (χ1n) is 14.8. The summed E-state index contributed by atoms with van der Waals surface area (Å²) in [4.78, 5) is 42.7. The van der Waals surface area contributed by atoms with Gasteiger partial charge in [0.2, 0.25) is 5.43 Å². The number of anilines is 1. The lowest BCUT2D eigenvalue weighted by atomic mass is 10.0. The lowest BCUT2D eigenvalue weighted by molar-refractivity contribution is 0.0941. The quantitative estimate of drug-likeness (QED) is 0.160. The van der Waals surface area contributed by atoms with Crippen molar-refractivity contribution < 1.29 is 18.4 Å².